The second kappa shape index (κ2) is 11.8. The lowest BCUT2D eigenvalue weighted by Crippen LogP contribution is -2.23. The number of nitro benzene ring substituents is 1. The van der Waals surface area contributed by atoms with Gasteiger partial charge in [0.25, 0.3) is 5.69 Å². The summed E-state index contributed by atoms with van der Waals surface area (Å²) in [6.07, 6.45) is 0.549. The first-order chi connectivity index (χ1) is 19.1. The molecule has 0 radical (unpaired) electrons. The molecule has 0 aliphatic carbocycles. The normalized spacial score (nSPS) is 17.9. The Bertz CT molecular complexity index is 1530. The number of hydrogen-bond donors (Lipinski definition) is 0. The van der Waals surface area contributed by atoms with E-state index in [4.69, 9.17) is 9.47 Å². The molecule has 0 aromatic heterocycles. The minimum absolute atomic E-state index is 0.0348. The van der Waals surface area contributed by atoms with Crippen LogP contribution in [0.4, 0.5) is 5.69 Å². The quantitative estimate of drug-likeness (QED) is 0.0677. The molecule has 1 aliphatic heterocycles. The number of carbonyl (C=O) groups excluding carboxylic acids is 2. The number of nitrogens with zero attached hydrogens (tertiary/aromatic N) is 2. The summed E-state index contributed by atoms with van der Waals surface area (Å²) >= 11 is 0. The lowest BCUT2D eigenvalue weighted by molar-refractivity contribution is -0.384. The van der Waals surface area contributed by atoms with Crippen LogP contribution in [0.1, 0.15) is 29.2 Å². The number of sulfonamides is 1. The molecule has 4 rings (SSSR count). The molecule has 3 atom stereocenters. The first kappa shape index (κ1) is 28.7. The van der Waals surface area contributed by atoms with Crippen molar-refractivity contribution in [2.45, 2.75) is 36.7 Å². The fourth-order valence-corrected chi connectivity index (χ4v) is 6.45. The standard InChI is InChI=1S/C29H28N2O8S/c1-19-9-16-23(17-10-19)40(36,37)30-26(21-12-14-22(15-13-21)31(34)35)27(30)24(18-11-20-7-5-4-6-8-20)25(28(32)38-2)29(33)39-3/h4-10,12-17,26-27H,11,18H2,1-3H3/t26-,27+,30?/m0/s1. The van der Waals surface area contributed by atoms with Crippen LogP contribution in [-0.4, -0.2) is 49.8 Å². The van der Waals surface area contributed by atoms with Gasteiger partial charge < -0.3 is 9.47 Å². The number of rotatable bonds is 10. The molecule has 0 spiro atoms. The van der Waals surface area contributed by atoms with Crippen molar-refractivity contribution in [3.63, 3.8) is 0 Å². The fraction of sp³-hybridized carbons (Fsp3) is 0.241. The summed E-state index contributed by atoms with van der Waals surface area (Å²) in [4.78, 5) is 36.5. The number of non-ortho nitro benzene ring substituents is 1. The van der Waals surface area contributed by atoms with E-state index in [-0.39, 0.29) is 28.1 Å². The Kier molecular flexibility index (Phi) is 8.46. The highest BCUT2D eigenvalue weighted by atomic mass is 32.2. The second-order valence-corrected chi connectivity index (χ2v) is 11.1. The SMILES string of the molecule is COC(=O)C(C(=O)OC)=C(CCc1ccccc1)[C@@H]1[C@H](c2ccc([N+](=O)[O-])cc2)N1S(=O)(=O)c1ccc(C)cc1. The summed E-state index contributed by atoms with van der Waals surface area (Å²) in [5, 5.41) is 11.2. The van der Waals surface area contributed by atoms with Crippen LogP contribution in [0.25, 0.3) is 0 Å². The van der Waals surface area contributed by atoms with Gasteiger partial charge in [-0.25, -0.2) is 18.0 Å². The monoisotopic (exact) mass is 564 g/mol. The number of methoxy groups -OCH3 is 2. The van der Waals surface area contributed by atoms with Gasteiger partial charge in [-0.2, -0.15) is 4.31 Å². The summed E-state index contributed by atoms with van der Waals surface area (Å²) in [6, 6.07) is 19.4. The molecule has 0 amide bonds. The van der Waals surface area contributed by atoms with Crippen molar-refractivity contribution in [2.24, 2.45) is 0 Å². The topological polar surface area (TPSA) is 133 Å². The van der Waals surface area contributed by atoms with Crippen LogP contribution in [0.5, 0.6) is 0 Å². The van der Waals surface area contributed by atoms with Crippen LogP contribution in [0.2, 0.25) is 0 Å². The number of aryl methyl sites for hydroxylation is 2. The van der Waals surface area contributed by atoms with Gasteiger partial charge in [0.05, 0.1) is 36.1 Å². The van der Waals surface area contributed by atoms with Gasteiger partial charge in [-0.05, 0) is 48.6 Å². The van der Waals surface area contributed by atoms with Crippen LogP contribution in [-0.2, 0) is 35.5 Å². The largest absolute Gasteiger partial charge is 0.465 e. The maximum Gasteiger partial charge on any atom is 0.345 e. The molecule has 3 aromatic carbocycles. The van der Waals surface area contributed by atoms with E-state index in [2.05, 4.69) is 0 Å². The van der Waals surface area contributed by atoms with E-state index >= 15 is 0 Å². The van der Waals surface area contributed by atoms with Crippen LogP contribution >= 0.6 is 0 Å². The van der Waals surface area contributed by atoms with E-state index in [1.54, 1.807) is 12.1 Å². The Morgan fingerprint density at radius 2 is 1.48 bits per heavy atom. The number of carbonyl (C=O) groups is 2. The van der Waals surface area contributed by atoms with Crippen molar-refractivity contribution >= 4 is 27.6 Å². The number of esters is 2. The maximum absolute atomic E-state index is 13.9. The third-order valence-electron chi connectivity index (χ3n) is 6.78. The molecule has 40 heavy (non-hydrogen) atoms. The molecule has 3 aromatic rings. The molecule has 1 aliphatic rings. The van der Waals surface area contributed by atoms with E-state index in [0.29, 0.717) is 12.0 Å². The van der Waals surface area contributed by atoms with Gasteiger partial charge in [0.1, 0.15) is 5.57 Å². The summed E-state index contributed by atoms with van der Waals surface area (Å²) in [7, 11) is -1.87. The van der Waals surface area contributed by atoms with Crippen LogP contribution in [0.3, 0.4) is 0 Å². The van der Waals surface area contributed by atoms with Gasteiger partial charge >= 0.3 is 11.9 Å². The predicted octanol–water partition coefficient (Wildman–Crippen LogP) is 4.29. The van der Waals surface area contributed by atoms with Crippen molar-refractivity contribution in [1.82, 2.24) is 4.31 Å². The molecule has 10 nitrogen and oxygen atoms in total. The number of nitro groups is 1. The summed E-state index contributed by atoms with van der Waals surface area (Å²) in [6.45, 7) is 1.83. The third kappa shape index (κ3) is 5.80. The van der Waals surface area contributed by atoms with Gasteiger partial charge in [-0.1, -0.05) is 60.2 Å². The van der Waals surface area contributed by atoms with Gasteiger partial charge in [0, 0.05) is 12.1 Å². The zero-order valence-electron chi connectivity index (χ0n) is 22.1. The van der Waals surface area contributed by atoms with Crippen LogP contribution in [0, 0.1) is 17.0 Å². The Balaban J connectivity index is 1.88. The smallest absolute Gasteiger partial charge is 0.345 e. The number of hydrogen-bond acceptors (Lipinski definition) is 8. The van der Waals surface area contributed by atoms with Gasteiger partial charge in [-0.3, -0.25) is 10.1 Å². The minimum Gasteiger partial charge on any atom is -0.465 e. The zero-order valence-corrected chi connectivity index (χ0v) is 23.0. The van der Waals surface area contributed by atoms with Gasteiger partial charge in [0.2, 0.25) is 10.0 Å². The van der Waals surface area contributed by atoms with E-state index in [9.17, 15) is 28.1 Å². The Hall–Kier alpha value is -4.35. The zero-order chi connectivity index (χ0) is 29.0. The minimum atomic E-state index is -4.12. The summed E-state index contributed by atoms with van der Waals surface area (Å²) < 4.78 is 38.9. The molecule has 0 N–H and O–H groups in total. The lowest BCUT2D eigenvalue weighted by atomic mass is 9.94. The second-order valence-electron chi connectivity index (χ2n) is 9.26. The molecule has 1 fully saturated rings. The molecular formula is C29H28N2O8S. The fourth-order valence-electron chi connectivity index (χ4n) is 4.70. The highest BCUT2D eigenvalue weighted by Gasteiger charge is 2.59. The van der Waals surface area contributed by atoms with Crippen molar-refractivity contribution in [3.05, 3.63) is 117 Å². The predicted molar refractivity (Wildman–Crippen MR) is 146 cm³/mol. The molecular weight excluding hydrogens is 536 g/mol. The van der Waals surface area contributed by atoms with Crippen molar-refractivity contribution in [3.8, 4) is 0 Å². The third-order valence-corrected chi connectivity index (χ3v) is 8.66. The van der Waals surface area contributed by atoms with Gasteiger partial charge in [0.15, 0.2) is 0 Å². The first-order valence-corrected chi connectivity index (χ1v) is 13.8. The molecule has 1 unspecified atom stereocenters. The number of ether oxygens (including phenoxy) is 2. The van der Waals surface area contributed by atoms with Crippen LogP contribution in [0.15, 0.2) is 94.9 Å². The van der Waals surface area contributed by atoms with Crippen molar-refractivity contribution in [1.29, 1.82) is 0 Å². The average molecular weight is 565 g/mol. The average Bonchev–Trinajstić information content (AvgIpc) is 3.72. The molecule has 0 bridgehead atoms. The van der Waals surface area contributed by atoms with E-state index in [0.717, 1.165) is 25.3 Å². The molecule has 1 saturated heterocycles. The summed E-state index contributed by atoms with van der Waals surface area (Å²) in [5.41, 5.74) is 1.96. The molecule has 11 heteroatoms. The Labute approximate surface area is 232 Å². The molecule has 208 valence electrons. The molecule has 0 saturated carbocycles. The highest BCUT2D eigenvalue weighted by molar-refractivity contribution is 7.89. The van der Waals surface area contributed by atoms with E-state index in [1.807, 2.05) is 37.3 Å². The lowest BCUT2D eigenvalue weighted by Gasteiger charge is -2.14. The first-order valence-electron chi connectivity index (χ1n) is 12.4. The number of benzene rings is 3. The maximum atomic E-state index is 13.9. The van der Waals surface area contributed by atoms with E-state index < -0.39 is 39.0 Å². The van der Waals surface area contributed by atoms with Crippen molar-refractivity contribution < 1.29 is 32.4 Å². The van der Waals surface area contributed by atoms with Crippen molar-refractivity contribution in [2.75, 3.05) is 14.2 Å². The van der Waals surface area contributed by atoms with Gasteiger partial charge in [-0.15, -0.1) is 0 Å². The van der Waals surface area contributed by atoms with E-state index in [1.165, 1.54) is 40.7 Å². The van der Waals surface area contributed by atoms with Crippen LogP contribution < -0.4 is 0 Å². The molecule has 1 heterocycles. The highest BCUT2D eigenvalue weighted by Crippen LogP contribution is 2.53. The summed E-state index contributed by atoms with van der Waals surface area (Å²) in [5.74, 6) is -1.89. The Morgan fingerprint density at radius 1 is 0.900 bits per heavy atom. The Morgan fingerprint density at radius 3 is 2.00 bits per heavy atom.